The molecule has 1 heterocycles. The Kier molecular flexibility index (Phi) is 3.71. The van der Waals surface area contributed by atoms with Crippen LogP contribution in [0.25, 0.3) is 0 Å². The topological polar surface area (TPSA) is 12.9 Å². The van der Waals surface area contributed by atoms with Crippen molar-refractivity contribution < 1.29 is 8.78 Å². The second kappa shape index (κ2) is 4.40. The lowest BCUT2D eigenvalue weighted by molar-refractivity contribution is 0.145. The molecule has 6 heteroatoms. The Labute approximate surface area is 88.6 Å². The third-order valence-corrected chi connectivity index (χ3v) is 2.21. The van der Waals surface area contributed by atoms with Crippen LogP contribution in [0.1, 0.15) is 17.7 Å². The van der Waals surface area contributed by atoms with Gasteiger partial charge in [0, 0.05) is 5.56 Å². The highest BCUT2D eigenvalue weighted by Gasteiger charge is 2.17. The van der Waals surface area contributed by atoms with Gasteiger partial charge in [0.15, 0.2) is 0 Å². The first-order valence-corrected chi connectivity index (χ1v) is 4.54. The van der Waals surface area contributed by atoms with E-state index in [1.54, 1.807) is 0 Å². The molecule has 0 aromatic carbocycles. The number of nitrogens with zero attached hydrogens (tertiary/aromatic N) is 1. The van der Waals surface area contributed by atoms with Gasteiger partial charge in [-0.2, -0.15) is 0 Å². The second-order valence-corrected chi connectivity index (χ2v) is 3.29. The highest BCUT2D eigenvalue weighted by atomic mass is 35.5. The molecule has 0 aliphatic rings. The zero-order valence-corrected chi connectivity index (χ0v) is 8.47. The lowest BCUT2D eigenvalue weighted by atomic mass is 10.2. The molecule has 0 spiro atoms. The third kappa shape index (κ3) is 2.42. The number of rotatable bonds is 2. The molecule has 0 bridgehead atoms. The average Bonchev–Trinajstić information content (AvgIpc) is 2.02. The molecule has 1 nitrogen and oxygen atoms in total. The SMILES string of the molecule is FC(F)c1nc(Cl)cc(Cl)c1CCl. The third-order valence-electron chi connectivity index (χ3n) is 1.41. The molecule has 0 saturated heterocycles. The van der Waals surface area contributed by atoms with Crippen LogP contribution in [0.2, 0.25) is 10.2 Å². The van der Waals surface area contributed by atoms with Crippen molar-refractivity contribution in [2.75, 3.05) is 0 Å². The van der Waals surface area contributed by atoms with E-state index in [2.05, 4.69) is 4.98 Å². The van der Waals surface area contributed by atoms with Crippen molar-refractivity contribution in [2.45, 2.75) is 12.3 Å². The molecule has 0 atom stereocenters. The van der Waals surface area contributed by atoms with Crippen LogP contribution in [-0.2, 0) is 5.88 Å². The molecule has 0 radical (unpaired) electrons. The van der Waals surface area contributed by atoms with E-state index in [4.69, 9.17) is 34.8 Å². The second-order valence-electron chi connectivity index (χ2n) is 2.22. The maximum Gasteiger partial charge on any atom is 0.280 e. The molecule has 1 aromatic heterocycles. The fourth-order valence-electron chi connectivity index (χ4n) is 0.842. The Hall–Kier alpha value is -0.120. The van der Waals surface area contributed by atoms with E-state index in [0.717, 1.165) is 0 Å². The van der Waals surface area contributed by atoms with Crippen molar-refractivity contribution in [3.63, 3.8) is 0 Å². The van der Waals surface area contributed by atoms with Gasteiger partial charge in [-0.15, -0.1) is 11.6 Å². The predicted octanol–water partition coefficient (Wildman–Crippen LogP) is 4.06. The number of halogens is 5. The van der Waals surface area contributed by atoms with Crippen LogP contribution in [0, 0.1) is 0 Å². The smallest absolute Gasteiger partial charge is 0.235 e. The largest absolute Gasteiger partial charge is 0.280 e. The van der Waals surface area contributed by atoms with Crippen LogP contribution in [0.4, 0.5) is 8.78 Å². The predicted molar refractivity (Wildman–Crippen MR) is 48.8 cm³/mol. The molecular formula is C7H4Cl3F2N. The molecule has 1 aromatic rings. The lowest BCUT2D eigenvalue weighted by Crippen LogP contribution is -1.98. The number of hydrogen-bond donors (Lipinski definition) is 0. The summed E-state index contributed by atoms with van der Waals surface area (Å²) in [6.45, 7) is 0. The summed E-state index contributed by atoms with van der Waals surface area (Å²) in [5.74, 6) is -0.108. The molecule has 72 valence electrons. The zero-order chi connectivity index (χ0) is 10.0. The molecule has 0 unspecified atom stereocenters. The number of alkyl halides is 3. The van der Waals surface area contributed by atoms with Gasteiger partial charge in [0.05, 0.1) is 10.9 Å². The van der Waals surface area contributed by atoms with Crippen LogP contribution in [0.5, 0.6) is 0 Å². The van der Waals surface area contributed by atoms with Crippen molar-refractivity contribution >= 4 is 34.8 Å². The summed E-state index contributed by atoms with van der Waals surface area (Å²) in [6.07, 6.45) is -2.72. The monoisotopic (exact) mass is 245 g/mol. The summed E-state index contributed by atoms with van der Waals surface area (Å²) in [5.41, 5.74) is -0.324. The quantitative estimate of drug-likeness (QED) is 0.566. The van der Waals surface area contributed by atoms with Gasteiger partial charge in [-0.1, -0.05) is 23.2 Å². The van der Waals surface area contributed by atoms with Crippen molar-refractivity contribution in [3.05, 3.63) is 27.5 Å². The van der Waals surface area contributed by atoms with Gasteiger partial charge < -0.3 is 0 Å². The fraction of sp³-hybridized carbons (Fsp3) is 0.286. The summed E-state index contributed by atoms with van der Waals surface area (Å²) in [6, 6.07) is 1.28. The van der Waals surface area contributed by atoms with E-state index in [9.17, 15) is 8.78 Å². The van der Waals surface area contributed by atoms with E-state index >= 15 is 0 Å². The minimum Gasteiger partial charge on any atom is -0.235 e. The molecule has 0 saturated carbocycles. The summed E-state index contributed by atoms with van der Waals surface area (Å²) in [5, 5.41) is 0.0551. The normalized spacial score (nSPS) is 10.9. The summed E-state index contributed by atoms with van der Waals surface area (Å²) in [4.78, 5) is 3.45. The van der Waals surface area contributed by atoms with Crippen molar-refractivity contribution in [1.29, 1.82) is 0 Å². The molecule has 13 heavy (non-hydrogen) atoms. The molecule has 0 aliphatic heterocycles. The Morgan fingerprint density at radius 2 is 2.00 bits per heavy atom. The molecule has 0 N–H and O–H groups in total. The minimum atomic E-state index is -2.72. The first-order valence-electron chi connectivity index (χ1n) is 3.25. The zero-order valence-electron chi connectivity index (χ0n) is 6.20. The number of aromatic nitrogens is 1. The van der Waals surface area contributed by atoms with E-state index in [1.807, 2.05) is 0 Å². The van der Waals surface area contributed by atoms with Crippen LogP contribution >= 0.6 is 34.8 Å². The van der Waals surface area contributed by atoms with Gasteiger partial charge in [0.2, 0.25) is 0 Å². The Balaban J connectivity index is 3.29. The molecule has 0 aliphatic carbocycles. The fourth-order valence-corrected chi connectivity index (χ4v) is 1.71. The van der Waals surface area contributed by atoms with Crippen molar-refractivity contribution in [1.82, 2.24) is 4.98 Å². The Morgan fingerprint density at radius 3 is 2.46 bits per heavy atom. The molecule has 0 amide bonds. The van der Waals surface area contributed by atoms with Gasteiger partial charge in [-0.25, -0.2) is 13.8 Å². The molecule has 0 fully saturated rings. The van der Waals surface area contributed by atoms with Gasteiger partial charge in [-0.3, -0.25) is 0 Å². The maximum atomic E-state index is 12.3. The Bertz CT molecular complexity index is 317. The van der Waals surface area contributed by atoms with Gasteiger partial charge >= 0.3 is 0 Å². The summed E-state index contributed by atoms with van der Waals surface area (Å²) >= 11 is 16.5. The highest BCUT2D eigenvalue weighted by molar-refractivity contribution is 6.35. The number of hydrogen-bond acceptors (Lipinski definition) is 1. The molecule has 1 rings (SSSR count). The van der Waals surface area contributed by atoms with Gasteiger partial charge in [0.1, 0.15) is 10.8 Å². The average molecular weight is 246 g/mol. The van der Waals surface area contributed by atoms with Crippen molar-refractivity contribution in [3.8, 4) is 0 Å². The van der Waals surface area contributed by atoms with Gasteiger partial charge in [0.25, 0.3) is 6.43 Å². The van der Waals surface area contributed by atoms with Crippen LogP contribution in [-0.4, -0.2) is 4.98 Å². The highest BCUT2D eigenvalue weighted by Crippen LogP contribution is 2.30. The molecular weight excluding hydrogens is 242 g/mol. The van der Waals surface area contributed by atoms with Crippen LogP contribution in [0.15, 0.2) is 6.07 Å². The Morgan fingerprint density at radius 1 is 1.38 bits per heavy atom. The van der Waals surface area contributed by atoms with E-state index in [-0.39, 0.29) is 21.6 Å². The van der Waals surface area contributed by atoms with Gasteiger partial charge in [-0.05, 0) is 6.07 Å². The van der Waals surface area contributed by atoms with Crippen LogP contribution < -0.4 is 0 Å². The standard InChI is InChI=1S/C7H4Cl3F2N/c8-2-3-4(9)1-5(10)13-6(3)7(11)12/h1,7H,2H2. The minimum absolute atomic E-state index is 0.0610. The summed E-state index contributed by atoms with van der Waals surface area (Å²) < 4.78 is 24.7. The van der Waals surface area contributed by atoms with E-state index < -0.39 is 12.1 Å². The van der Waals surface area contributed by atoms with E-state index in [0.29, 0.717) is 0 Å². The first kappa shape index (κ1) is 11.0. The first-order chi connectivity index (χ1) is 6.06. The number of pyridine rings is 1. The van der Waals surface area contributed by atoms with E-state index in [1.165, 1.54) is 6.07 Å². The van der Waals surface area contributed by atoms with Crippen LogP contribution in [0.3, 0.4) is 0 Å². The van der Waals surface area contributed by atoms with Crippen molar-refractivity contribution in [2.24, 2.45) is 0 Å². The summed E-state index contributed by atoms with van der Waals surface area (Å²) in [7, 11) is 0. The maximum absolute atomic E-state index is 12.3. The lowest BCUT2D eigenvalue weighted by Gasteiger charge is -2.07.